The molecule has 0 bridgehead atoms. The van der Waals surface area contributed by atoms with Crippen LogP contribution in [0.5, 0.6) is 0 Å². The lowest BCUT2D eigenvalue weighted by molar-refractivity contribution is -0.384. The highest BCUT2D eigenvalue weighted by molar-refractivity contribution is 6.30. The molecule has 18 heavy (non-hydrogen) atoms. The van der Waals surface area contributed by atoms with Gasteiger partial charge in [-0.15, -0.1) is 0 Å². The molecule has 0 aliphatic heterocycles. The zero-order chi connectivity index (χ0) is 13.0. The van der Waals surface area contributed by atoms with Gasteiger partial charge in [0.1, 0.15) is 0 Å². The number of anilines is 1. The van der Waals surface area contributed by atoms with Crippen molar-refractivity contribution in [3.05, 3.63) is 27.4 Å². The van der Waals surface area contributed by atoms with E-state index in [1.165, 1.54) is 44.4 Å². The summed E-state index contributed by atoms with van der Waals surface area (Å²) in [4.78, 5) is 14.4. The minimum Gasteiger partial charge on any atom is -0.364 e. The molecule has 0 unspecified atom stereocenters. The number of aromatic nitrogens is 1. The average Bonchev–Trinajstić information content (AvgIpc) is 2.38. The molecule has 1 fully saturated rings. The third-order valence-corrected chi connectivity index (χ3v) is 3.52. The first-order chi connectivity index (χ1) is 8.66. The molecule has 1 aromatic rings. The normalized spacial score (nSPS) is 16.5. The maximum atomic E-state index is 10.9. The van der Waals surface area contributed by atoms with Crippen LogP contribution in [-0.4, -0.2) is 16.5 Å². The van der Waals surface area contributed by atoms with Crippen molar-refractivity contribution in [3.8, 4) is 0 Å². The minimum atomic E-state index is -0.456. The van der Waals surface area contributed by atoms with Gasteiger partial charge < -0.3 is 5.32 Å². The highest BCUT2D eigenvalue weighted by Crippen LogP contribution is 2.27. The molecule has 0 aromatic carbocycles. The van der Waals surface area contributed by atoms with Crippen LogP contribution < -0.4 is 5.32 Å². The largest absolute Gasteiger partial charge is 0.364 e. The lowest BCUT2D eigenvalue weighted by atomic mass is 9.89. The lowest BCUT2D eigenvalue weighted by Crippen LogP contribution is -2.18. The van der Waals surface area contributed by atoms with Crippen molar-refractivity contribution in [2.75, 3.05) is 11.9 Å². The zero-order valence-electron chi connectivity index (χ0n) is 10.1. The van der Waals surface area contributed by atoms with Gasteiger partial charge >= 0.3 is 5.69 Å². The van der Waals surface area contributed by atoms with E-state index >= 15 is 0 Å². The lowest BCUT2D eigenvalue weighted by Gasteiger charge is -2.21. The zero-order valence-corrected chi connectivity index (χ0v) is 10.8. The van der Waals surface area contributed by atoms with Crippen molar-refractivity contribution in [2.45, 2.75) is 32.1 Å². The fourth-order valence-electron chi connectivity index (χ4n) is 2.34. The molecule has 1 saturated carbocycles. The van der Waals surface area contributed by atoms with Gasteiger partial charge in [-0.3, -0.25) is 10.1 Å². The number of pyridine rings is 1. The molecule has 1 aromatic heterocycles. The minimum absolute atomic E-state index is 0.0571. The summed E-state index contributed by atoms with van der Waals surface area (Å²) in [6.07, 6.45) is 7.61. The molecule has 1 N–H and O–H groups in total. The van der Waals surface area contributed by atoms with Crippen LogP contribution in [0.4, 0.5) is 11.5 Å². The Labute approximate surface area is 111 Å². The highest BCUT2D eigenvalue weighted by Gasteiger charge is 2.18. The standard InChI is InChI=1S/C12H16ClN3O2/c13-10-6-11(16(17)18)12(15-8-10)14-7-9-4-2-1-3-5-9/h6,8-9H,1-5,7H2,(H,14,15). The van der Waals surface area contributed by atoms with E-state index in [2.05, 4.69) is 10.3 Å². The number of hydrogen-bond donors (Lipinski definition) is 1. The second kappa shape index (κ2) is 6.00. The summed E-state index contributed by atoms with van der Waals surface area (Å²) in [5.41, 5.74) is -0.0571. The summed E-state index contributed by atoms with van der Waals surface area (Å²) >= 11 is 5.72. The van der Waals surface area contributed by atoms with Crippen LogP contribution >= 0.6 is 11.6 Å². The van der Waals surface area contributed by atoms with Gasteiger partial charge in [0, 0.05) is 18.8 Å². The Hall–Kier alpha value is -1.36. The monoisotopic (exact) mass is 269 g/mol. The molecular weight excluding hydrogens is 254 g/mol. The topological polar surface area (TPSA) is 68.1 Å². The van der Waals surface area contributed by atoms with Crippen LogP contribution in [-0.2, 0) is 0 Å². The molecule has 2 rings (SSSR count). The molecule has 0 spiro atoms. The Balaban J connectivity index is 2.01. The smallest absolute Gasteiger partial charge is 0.312 e. The van der Waals surface area contributed by atoms with Crippen LogP contribution in [0.25, 0.3) is 0 Å². The molecule has 0 amide bonds. The predicted molar refractivity (Wildman–Crippen MR) is 71.0 cm³/mol. The summed E-state index contributed by atoms with van der Waals surface area (Å²) in [6, 6.07) is 1.33. The molecule has 1 aliphatic carbocycles. The predicted octanol–water partition coefficient (Wildman–Crippen LogP) is 3.64. The van der Waals surface area contributed by atoms with Crippen LogP contribution in [0.3, 0.4) is 0 Å². The fraction of sp³-hybridized carbons (Fsp3) is 0.583. The van der Waals surface area contributed by atoms with Crippen molar-refractivity contribution in [3.63, 3.8) is 0 Å². The molecule has 6 heteroatoms. The summed E-state index contributed by atoms with van der Waals surface area (Å²) in [6.45, 7) is 0.746. The average molecular weight is 270 g/mol. The quantitative estimate of drug-likeness (QED) is 0.669. The number of halogens is 1. The van der Waals surface area contributed by atoms with Crippen molar-refractivity contribution in [1.29, 1.82) is 0 Å². The Morgan fingerprint density at radius 2 is 2.17 bits per heavy atom. The summed E-state index contributed by atoms with van der Waals surface area (Å²) in [5.74, 6) is 0.908. The highest BCUT2D eigenvalue weighted by atomic mass is 35.5. The van der Waals surface area contributed by atoms with Gasteiger partial charge in [-0.1, -0.05) is 30.9 Å². The van der Waals surface area contributed by atoms with Crippen molar-refractivity contribution in [1.82, 2.24) is 4.98 Å². The van der Waals surface area contributed by atoms with E-state index < -0.39 is 4.92 Å². The second-order valence-corrected chi connectivity index (χ2v) is 5.10. The van der Waals surface area contributed by atoms with Crippen molar-refractivity contribution in [2.24, 2.45) is 5.92 Å². The third-order valence-electron chi connectivity index (χ3n) is 3.31. The van der Waals surface area contributed by atoms with E-state index in [9.17, 15) is 10.1 Å². The van der Waals surface area contributed by atoms with Crippen LogP contribution in [0, 0.1) is 16.0 Å². The molecular formula is C12H16ClN3O2. The summed E-state index contributed by atoms with van der Waals surface area (Å²) in [7, 11) is 0. The summed E-state index contributed by atoms with van der Waals surface area (Å²) < 4.78 is 0. The van der Waals surface area contributed by atoms with E-state index in [-0.39, 0.29) is 10.7 Å². The Kier molecular flexibility index (Phi) is 4.36. The van der Waals surface area contributed by atoms with E-state index in [1.807, 2.05) is 0 Å². The Morgan fingerprint density at radius 1 is 1.44 bits per heavy atom. The first kappa shape index (κ1) is 13.1. The van der Waals surface area contributed by atoms with E-state index in [0.29, 0.717) is 11.7 Å². The van der Waals surface area contributed by atoms with Gasteiger partial charge in [0.05, 0.1) is 9.95 Å². The van der Waals surface area contributed by atoms with Crippen LogP contribution in [0.2, 0.25) is 5.02 Å². The molecule has 0 atom stereocenters. The van der Waals surface area contributed by atoms with E-state index in [4.69, 9.17) is 11.6 Å². The molecule has 5 nitrogen and oxygen atoms in total. The number of rotatable bonds is 4. The number of nitrogens with one attached hydrogen (secondary N) is 1. The van der Waals surface area contributed by atoms with Gasteiger partial charge in [-0.05, 0) is 18.8 Å². The third kappa shape index (κ3) is 3.32. The maximum absolute atomic E-state index is 10.9. The van der Waals surface area contributed by atoms with E-state index in [0.717, 1.165) is 6.54 Å². The first-order valence-electron chi connectivity index (χ1n) is 6.20. The van der Waals surface area contributed by atoms with Crippen LogP contribution in [0.1, 0.15) is 32.1 Å². The molecule has 1 heterocycles. The fourth-order valence-corrected chi connectivity index (χ4v) is 2.49. The van der Waals surface area contributed by atoms with Gasteiger partial charge in [0.15, 0.2) is 0 Å². The van der Waals surface area contributed by atoms with E-state index in [1.54, 1.807) is 0 Å². The van der Waals surface area contributed by atoms with Gasteiger partial charge in [0.25, 0.3) is 0 Å². The van der Waals surface area contributed by atoms with Gasteiger partial charge in [-0.25, -0.2) is 4.98 Å². The molecule has 0 radical (unpaired) electrons. The number of nitro groups is 1. The number of hydrogen-bond acceptors (Lipinski definition) is 4. The summed E-state index contributed by atoms with van der Waals surface area (Å²) in [5, 5.41) is 14.3. The SMILES string of the molecule is O=[N+]([O-])c1cc(Cl)cnc1NCC1CCCCC1. The molecule has 98 valence electrons. The Morgan fingerprint density at radius 3 is 2.83 bits per heavy atom. The van der Waals surface area contributed by atoms with Crippen molar-refractivity contribution < 1.29 is 4.92 Å². The molecule has 1 aliphatic rings. The first-order valence-corrected chi connectivity index (χ1v) is 6.58. The second-order valence-electron chi connectivity index (χ2n) is 4.66. The van der Waals surface area contributed by atoms with Crippen LogP contribution in [0.15, 0.2) is 12.3 Å². The number of nitrogens with zero attached hydrogens (tertiary/aromatic N) is 2. The van der Waals surface area contributed by atoms with Gasteiger partial charge in [-0.2, -0.15) is 0 Å². The van der Waals surface area contributed by atoms with Gasteiger partial charge in [0.2, 0.25) is 5.82 Å². The Bertz CT molecular complexity index is 433. The molecule has 0 saturated heterocycles. The maximum Gasteiger partial charge on any atom is 0.312 e. The van der Waals surface area contributed by atoms with Crippen molar-refractivity contribution >= 4 is 23.1 Å².